The van der Waals surface area contributed by atoms with Crippen LogP contribution >= 0.6 is 0 Å². The van der Waals surface area contributed by atoms with Gasteiger partial charge in [-0.05, 0) is 12.5 Å². The lowest BCUT2D eigenvalue weighted by atomic mass is 10.1. The first-order chi connectivity index (χ1) is 7.42. The third-order valence-electron chi connectivity index (χ3n) is 2.17. The Labute approximate surface area is 96.3 Å². The van der Waals surface area contributed by atoms with Crippen molar-refractivity contribution in [3.63, 3.8) is 0 Å². The van der Waals surface area contributed by atoms with E-state index in [4.69, 9.17) is 8.92 Å². The standard InChI is InChI=1S/C11H16O4S/c1-9-4-6-10(7-5-9)11(14-2)8-15-16(3,12)13/h4-7,11H,8H2,1-3H3. The maximum absolute atomic E-state index is 10.9. The van der Waals surface area contributed by atoms with Crippen LogP contribution in [0.2, 0.25) is 0 Å². The molecule has 0 aliphatic heterocycles. The number of benzene rings is 1. The summed E-state index contributed by atoms with van der Waals surface area (Å²) >= 11 is 0. The molecule has 0 fully saturated rings. The van der Waals surface area contributed by atoms with Crippen molar-refractivity contribution in [1.29, 1.82) is 0 Å². The summed E-state index contributed by atoms with van der Waals surface area (Å²) in [5.74, 6) is 0. The second-order valence-electron chi connectivity index (χ2n) is 3.62. The van der Waals surface area contributed by atoms with E-state index >= 15 is 0 Å². The molecule has 1 aromatic carbocycles. The van der Waals surface area contributed by atoms with Gasteiger partial charge in [0.25, 0.3) is 10.1 Å². The lowest BCUT2D eigenvalue weighted by Crippen LogP contribution is -2.13. The summed E-state index contributed by atoms with van der Waals surface area (Å²) < 4.78 is 31.6. The lowest BCUT2D eigenvalue weighted by molar-refractivity contribution is 0.0602. The Bertz CT molecular complexity index is 422. The molecule has 1 atom stereocenters. The van der Waals surface area contributed by atoms with Crippen LogP contribution in [0.3, 0.4) is 0 Å². The Morgan fingerprint density at radius 3 is 2.25 bits per heavy atom. The predicted molar refractivity (Wildman–Crippen MR) is 61.7 cm³/mol. The van der Waals surface area contributed by atoms with Crippen molar-refractivity contribution in [2.45, 2.75) is 13.0 Å². The second kappa shape index (κ2) is 5.43. The van der Waals surface area contributed by atoms with Crippen LogP contribution in [0.4, 0.5) is 0 Å². The van der Waals surface area contributed by atoms with Crippen LogP contribution in [-0.4, -0.2) is 28.4 Å². The number of hydrogen-bond donors (Lipinski definition) is 0. The van der Waals surface area contributed by atoms with Crippen LogP contribution < -0.4 is 0 Å². The molecule has 1 unspecified atom stereocenters. The largest absolute Gasteiger partial charge is 0.374 e. The Kier molecular flexibility index (Phi) is 4.46. The van der Waals surface area contributed by atoms with Crippen molar-refractivity contribution in [2.75, 3.05) is 20.0 Å². The van der Waals surface area contributed by atoms with Gasteiger partial charge in [0.05, 0.1) is 12.9 Å². The summed E-state index contributed by atoms with van der Waals surface area (Å²) in [5.41, 5.74) is 2.04. The minimum atomic E-state index is -3.43. The fraction of sp³-hybridized carbons (Fsp3) is 0.455. The van der Waals surface area contributed by atoms with Crippen molar-refractivity contribution in [1.82, 2.24) is 0 Å². The van der Waals surface area contributed by atoms with E-state index in [1.54, 1.807) is 0 Å². The van der Waals surface area contributed by atoms with Gasteiger partial charge < -0.3 is 4.74 Å². The lowest BCUT2D eigenvalue weighted by Gasteiger charge is -2.15. The van der Waals surface area contributed by atoms with Gasteiger partial charge in [0, 0.05) is 7.11 Å². The summed E-state index contributed by atoms with van der Waals surface area (Å²) in [7, 11) is -1.90. The van der Waals surface area contributed by atoms with Gasteiger partial charge in [-0.15, -0.1) is 0 Å². The van der Waals surface area contributed by atoms with Gasteiger partial charge in [-0.2, -0.15) is 8.42 Å². The fourth-order valence-corrected chi connectivity index (χ4v) is 1.64. The number of rotatable bonds is 5. The zero-order chi connectivity index (χ0) is 12.2. The normalized spacial score (nSPS) is 13.7. The topological polar surface area (TPSA) is 52.6 Å². The van der Waals surface area contributed by atoms with Crippen LogP contribution in [0, 0.1) is 6.92 Å². The monoisotopic (exact) mass is 244 g/mol. The van der Waals surface area contributed by atoms with Crippen LogP contribution in [0.5, 0.6) is 0 Å². The van der Waals surface area contributed by atoms with Gasteiger partial charge in [0.1, 0.15) is 6.10 Å². The van der Waals surface area contributed by atoms with Gasteiger partial charge in [-0.3, -0.25) is 4.18 Å². The van der Waals surface area contributed by atoms with Crippen molar-refractivity contribution in [2.24, 2.45) is 0 Å². The van der Waals surface area contributed by atoms with Gasteiger partial charge in [-0.25, -0.2) is 0 Å². The SMILES string of the molecule is COC(COS(C)(=O)=O)c1ccc(C)cc1. The third kappa shape index (κ3) is 4.30. The molecule has 16 heavy (non-hydrogen) atoms. The predicted octanol–water partition coefficient (Wildman–Crippen LogP) is 1.66. The Morgan fingerprint density at radius 1 is 1.25 bits per heavy atom. The molecule has 0 amide bonds. The van der Waals surface area contributed by atoms with Crippen molar-refractivity contribution in [3.05, 3.63) is 35.4 Å². The molecule has 0 saturated carbocycles. The van der Waals surface area contributed by atoms with E-state index in [9.17, 15) is 8.42 Å². The highest BCUT2D eigenvalue weighted by atomic mass is 32.2. The molecule has 0 bridgehead atoms. The number of ether oxygens (including phenoxy) is 1. The zero-order valence-electron chi connectivity index (χ0n) is 9.64. The van der Waals surface area contributed by atoms with Crippen LogP contribution in [0.25, 0.3) is 0 Å². The zero-order valence-corrected chi connectivity index (χ0v) is 10.5. The highest BCUT2D eigenvalue weighted by molar-refractivity contribution is 7.85. The quantitative estimate of drug-likeness (QED) is 0.739. The van der Waals surface area contributed by atoms with E-state index in [0.717, 1.165) is 17.4 Å². The summed E-state index contributed by atoms with van der Waals surface area (Å²) in [6, 6.07) is 7.69. The number of methoxy groups -OCH3 is 1. The minimum absolute atomic E-state index is 0.00159. The van der Waals surface area contributed by atoms with Crippen molar-refractivity contribution >= 4 is 10.1 Å². The average molecular weight is 244 g/mol. The van der Waals surface area contributed by atoms with Crippen LogP contribution in [-0.2, 0) is 19.0 Å². The average Bonchev–Trinajstić information content (AvgIpc) is 2.20. The number of aryl methyl sites for hydroxylation is 1. The maximum Gasteiger partial charge on any atom is 0.264 e. The van der Waals surface area contributed by atoms with Crippen molar-refractivity contribution < 1.29 is 17.3 Å². The van der Waals surface area contributed by atoms with Crippen molar-refractivity contribution in [3.8, 4) is 0 Å². The Hall–Kier alpha value is -0.910. The maximum atomic E-state index is 10.9. The first-order valence-electron chi connectivity index (χ1n) is 4.86. The van der Waals surface area contributed by atoms with Gasteiger partial charge >= 0.3 is 0 Å². The first kappa shape index (κ1) is 13.2. The minimum Gasteiger partial charge on any atom is -0.374 e. The van der Waals surface area contributed by atoms with E-state index in [1.807, 2.05) is 31.2 Å². The van der Waals surface area contributed by atoms with E-state index in [0.29, 0.717) is 0 Å². The highest BCUT2D eigenvalue weighted by Crippen LogP contribution is 2.18. The smallest absolute Gasteiger partial charge is 0.264 e. The first-order valence-corrected chi connectivity index (χ1v) is 6.68. The molecule has 90 valence electrons. The van der Waals surface area contributed by atoms with Gasteiger partial charge in [0.15, 0.2) is 0 Å². The number of hydrogen-bond acceptors (Lipinski definition) is 4. The molecule has 0 spiro atoms. The molecule has 0 saturated heterocycles. The molecular weight excluding hydrogens is 228 g/mol. The summed E-state index contributed by atoms with van der Waals surface area (Å²) in [6.45, 7) is 1.98. The van der Waals surface area contributed by atoms with Gasteiger partial charge in [-0.1, -0.05) is 29.8 Å². The fourth-order valence-electron chi connectivity index (χ4n) is 1.27. The highest BCUT2D eigenvalue weighted by Gasteiger charge is 2.13. The Morgan fingerprint density at radius 2 is 1.81 bits per heavy atom. The van der Waals surface area contributed by atoms with Crippen LogP contribution in [0.15, 0.2) is 24.3 Å². The summed E-state index contributed by atoms with van der Waals surface area (Å²) in [4.78, 5) is 0. The molecule has 0 aliphatic rings. The molecular formula is C11H16O4S. The molecule has 0 aliphatic carbocycles. The van der Waals surface area contributed by atoms with Crippen LogP contribution in [0.1, 0.15) is 17.2 Å². The molecule has 0 N–H and O–H groups in total. The summed E-state index contributed by atoms with van der Waals surface area (Å²) in [6.07, 6.45) is 0.657. The molecule has 4 nitrogen and oxygen atoms in total. The van der Waals surface area contributed by atoms with E-state index in [2.05, 4.69) is 0 Å². The Balaban J connectivity index is 2.71. The molecule has 0 aromatic heterocycles. The van der Waals surface area contributed by atoms with Gasteiger partial charge in [0.2, 0.25) is 0 Å². The second-order valence-corrected chi connectivity index (χ2v) is 5.27. The van der Waals surface area contributed by atoms with E-state index in [-0.39, 0.29) is 12.7 Å². The molecule has 0 heterocycles. The third-order valence-corrected chi connectivity index (χ3v) is 2.73. The van der Waals surface area contributed by atoms with E-state index < -0.39 is 10.1 Å². The van der Waals surface area contributed by atoms with E-state index in [1.165, 1.54) is 7.11 Å². The molecule has 1 rings (SSSR count). The molecule has 1 aromatic rings. The summed E-state index contributed by atoms with van der Waals surface area (Å²) in [5, 5.41) is 0. The molecule has 0 radical (unpaired) electrons. The molecule has 5 heteroatoms.